The second-order valence-electron chi connectivity index (χ2n) is 4.98. The van der Waals surface area contributed by atoms with Crippen LogP contribution in [0.5, 0.6) is 0 Å². The predicted octanol–water partition coefficient (Wildman–Crippen LogP) is 2.67. The van der Waals surface area contributed by atoms with Crippen LogP contribution >= 0.6 is 11.8 Å². The number of hydrogen-bond donors (Lipinski definition) is 1. The van der Waals surface area contributed by atoms with E-state index in [1.807, 2.05) is 19.9 Å². The molecule has 1 unspecified atom stereocenters. The van der Waals surface area contributed by atoms with Crippen LogP contribution in [-0.4, -0.2) is 40.4 Å². The third kappa shape index (κ3) is 6.44. The van der Waals surface area contributed by atoms with Crippen molar-refractivity contribution in [1.29, 1.82) is 0 Å². The summed E-state index contributed by atoms with van der Waals surface area (Å²) in [7, 11) is 0. The Hall–Kier alpha value is -1.14. The molecule has 1 N–H and O–H groups in total. The Labute approximate surface area is 131 Å². The molecule has 118 valence electrons. The molecule has 0 aliphatic carbocycles. The third-order valence-corrected chi connectivity index (χ3v) is 4.15. The molecule has 0 radical (unpaired) electrons. The molecule has 0 aliphatic rings. The number of esters is 1. The molecule has 5 nitrogen and oxygen atoms in total. The van der Waals surface area contributed by atoms with Gasteiger partial charge in [-0.25, -0.2) is 9.97 Å². The minimum Gasteiger partial charge on any atom is -0.465 e. The van der Waals surface area contributed by atoms with Crippen molar-refractivity contribution in [3.05, 3.63) is 18.6 Å². The van der Waals surface area contributed by atoms with Gasteiger partial charge in [-0.3, -0.25) is 4.79 Å². The zero-order valence-corrected chi connectivity index (χ0v) is 13.9. The number of nitrogens with zero attached hydrogens (tertiary/aromatic N) is 2. The normalized spacial score (nSPS) is 13.7. The van der Waals surface area contributed by atoms with E-state index in [1.165, 1.54) is 0 Å². The van der Waals surface area contributed by atoms with E-state index in [4.69, 9.17) is 4.74 Å². The van der Waals surface area contributed by atoms with Crippen LogP contribution < -0.4 is 5.32 Å². The highest BCUT2D eigenvalue weighted by Crippen LogP contribution is 2.20. The lowest BCUT2D eigenvalue weighted by atomic mass is 9.96. The zero-order chi connectivity index (χ0) is 15.6. The molecule has 0 spiro atoms. The summed E-state index contributed by atoms with van der Waals surface area (Å²) in [6.07, 6.45) is 5.95. The standard InChI is InChI=1S/C15H25N3O2S/c1-4-9-18-15(3,14(19)20-5-2)8-6-11-21-13-7-10-16-12-17-13/h7,10,12,18H,4-6,8-9,11H2,1-3H3. The number of hydrogen-bond acceptors (Lipinski definition) is 6. The van der Waals surface area contributed by atoms with Gasteiger partial charge in [-0.2, -0.15) is 0 Å². The van der Waals surface area contributed by atoms with Gasteiger partial charge in [0, 0.05) is 6.20 Å². The molecule has 0 aromatic carbocycles. The molecule has 0 saturated heterocycles. The Morgan fingerprint density at radius 3 is 2.90 bits per heavy atom. The highest BCUT2D eigenvalue weighted by atomic mass is 32.2. The summed E-state index contributed by atoms with van der Waals surface area (Å²) < 4.78 is 5.19. The Bertz CT molecular complexity index is 417. The van der Waals surface area contributed by atoms with Crippen molar-refractivity contribution in [3.63, 3.8) is 0 Å². The number of nitrogens with one attached hydrogen (secondary N) is 1. The lowest BCUT2D eigenvalue weighted by Crippen LogP contribution is -2.50. The Morgan fingerprint density at radius 1 is 1.48 bits per heavy atom. The maximum absolute atomic E-state index is 12.1. The van der Waals surface area contributed by atoms with Crippen LogP contribution in [0.1, 0.15) is 40.0 Å². The quantitative estimate of drug-likeness (QED) is 0.310. The number of aromatic nitrogens is 2. The molecule has 0 saturated carbocycles. The number of carbonyl (C=O) groups excluding carboxylic acids is 1. The van der Waals surface area contributed by atoms with Gasteiger partial charge >= 0.3 is 5.97 Å². The van der Waals surface area contributed by atoms with Crippen molar-refractivity contribution in [2.24, 2.45) is 0 Å². The summed E-state index contributed by atoms with van der Waals surface area (Å²) in [6.45, 7) is 7.08. The van der Waals surface area contributed by atoms with Crippen molar-refractivity contribution in [2.75, 3.05) is 18.9 Å². The highest BCUT2D eigenvalue weighted by Gasteiger charge is 2.33. The fourth-order valence-corrected chi connectivity index (χ4v) is 2.70. The summed E-state index contributed by atoms with van der Waals surface area (Å²) in [6, 6.07) is 1.89. The molecule has 1 heterocycles. The predicted molar refractivity (Wildman–Crippen MR) is 85.3 cm³/mol. The van der Waals surface area contributed by atoms with Crippen LogP contribution in [0.15, 0.2) is 23.6 Å². The molecule has 1 rings (SSSR count). The van der Waals surface area contributed by atoms with Crippen LogP contribution in [0.4, 0.5) is 0 Å². The van der Waals surface area contributed by atoms with Gasteiger partial charge in [-0.1, -0.05) is 6.92 Å². The van der Waals surface area contributed by atoms with E-state index in [0.29, 0.717) is 6.61 Å². The number of rotatable bonds is 10. The molecule has 1 aromatic heterocycles. The average Bonchev–Trinajstić information content (AvgIpc) is 2.51. The van der Waals surface area contributed by atoms with Gasteiger partial charge in [-0.05, 0) is 51.5 Å². The van der Waals surface area contributed by atoms with Crippen LogP contribution in [0.3, 0.4) is 0 Å². The molecule has 0 bridgehead atoms. The minimum atomic E-state index is -0.599. The van der Waals surface area contributed by atoms with Gasteiger partial charge in [0.15, 0.2) is 0 Å². The minimum absolute atomic E-state index is 0.162. The van der Waals surface area contributed by atoms with E-state index in [-0.39, 0.29) is 5.97 Å². The fourth-order valence-electron chi connectivity index (χ4n) is 1.92. The van der Waals surface area contributed by atoms with Crippen molar-refractivity contribution < 1.29 is 9.53 Å². The Kier molecular flexibility index (Phi) is 8.30. The lowest BCUT2D eigenvalue weighted by Gasteiger charge is -2.28. The van der Waals surface area contributed by atoms with Crippen LogP contribution in [0.25, 0.3) is 0 Å². The van der Waals surface area contributed by atoms with Crippen molar-refractivity contribution in [3.8, 4) is 0 Å². The summed E-state index contributed by atoms with van der Waals surface area (Å²) in [5.41, 5.74) is -0.599. The fraction of sp³-hybridized carbons (Fsp3) is 0.667. The highest BCUT2D eigenvalue weighted by molar-refractivity contribution is 7.99. The van der Waals surface area contributed by atoms with Gasteiger partial charge in [0.25, 0.3) is 0 Å². The third-order valence-electron chi connectivity index (χ3n) is 3.12. The van der Waals surface area contributed by atoms with Crippen LogP contribution in [0, 0.1) is 0 Å². The van der Waals surface area contributed by atoms with Gasteiger partial charge in [0.2, 0.25) is 0 Å². The van der Waals surface area contributed by atoms with Gasteiger partial charge in [0.1, 0.15) is 11.9 Å². The van der Waals surface area contributed by atoms with E-state index >= 15 is 0 Å². The summed E-state index contributed by atoms with van der Waals surface area (Å²) >= 11 is 1.68. The molecule has 21 heavy (non-hydrogen) atoms. The molecule has 0 amide bonds. The summed E-state index contributed by atoms with van der Waals surface area (Å²) in [4.78, 5) is 20.2. The maximum Gasteiger partial charge on any atom is 0.326 e. The van der Waals surface area contributed by atoms with Gasteiger partial charge < -0.3 is 10.1 Å². The van der Waals surface area contributed by atoms with Crippen molar-refractivity contribution in [1.82, 2.24) is 15.3 Å². The first-order chi connectivity index (χ1) is 10.1. The molecule has 0 fully saturated rings. The molecule has 0 aliphatic heterocycles. The van der Waals surface area contributed by atoms with Gasteiger partial charge in [0.05, 0.1) is 11.6 Å². The first kappa shape index (κ1) is 17.9. The molecule has 1 atom stereocenters. The Balaban J connectivity index is 2.43. The largest absolute Gasteiger partial charge is 0.465 e. The molecule has 6 heteroatoms. The summed E-state index contributed by atoms with van der Waals surface area (Å²) in [5.74, 6) is 0.755. The number of thioether (sulfide) groups is 1. The van der Waals surface area contributed by atoms with E-state index in [1.54, 1.807) is 24.3 Å². The second kappa shape index (κ2) is 9.73. The topological polar surface area (TPSA) is 64.1 Å². The molecule has 1 aromatic rings. The van der Waals surface area contributed by atoms with Crippen LogP contribution in [-0.2, 0) is 9.53 Å². The monoisotopic (exact) mass is 311 g/mol. The number of carbonyl (C=O) groups is 1. The van der Waals surface area contributed by atoms with Crippen molar-refractivity contribution in [2.45, 2.75) is 50.6 Å². The first-order valence-corrected chi connectivity index (χ1v) is 8.42. The van der Waals surface area contributed by atoms with Gasteiger partial charge in [-0.15, -0.1) is 11.8 Å². The Morgan fingerprint density at radius 2 is 2.29 bits per heavy atom. The average molecular weight is 311 g/mol. The zero-order valence-electron chi connectivity index (χ0n) is 13.1. The number of ether oxygens (including phenoxy) is 1. The lowest BCUT2D eigenvalue weighted by molar-refractivity contribution is -0.150. The van der Waals surface area contributed by atoms with Crippen molar-refractivity contribution >= 4 is 17.7 Å². The first-order valence-electron chi connectivity index (χ1n) is 7.43. The maximum atomic E-state index is 12.1. The van der Waals surface area contributed by atoms with E-state index in [2.05, 4.69) is 22.2 Å². The van der Waals surface area contributed by atoms with Crippen LogP contribution in [0.2, 0.25) is 0 Å². The van der Waals surface area contributed by atoms with E-state index in [0.717, 1.165) is 36.6 Å². The second-order valence-corrected chi connectivity index (χ2v) is 6.09. The van der Waals surface area contributed by atoms with E-state index in [9.17, 15) is 4.79 Å². The molecular formula is C15H25N3O2S. The SMILES string of the molecule is CCCNC(C)(CCCSc1ccncn1)C(=O)OCC. The van der Waals surface area contributed by atoms with E-state index < -0.39 is 5.54 Å². The summed E-state index contributed by atoms with van der Waals surface area (Å²) in [5, 5.41) is 4.28. The smallest absolute Gasteiger partial charge is 0.326 e. The molecular weight excluding hydrogens is 286 g/mol.